The van der Waals surface area contributed by atoms with E-state index in [1.165, 1.54) is 24.9 Å². The monoisotopic (exact) mass is 470 g/mol. The Labute approximate surface area is 200 Å². The highest BCUT2D eigenvalue weighted by atomic mass is 16.6. The Morgan fingerprint density at radius 2 is 1.97 bits per heavy atom. The van der Waals surface area contributed by atoms with Crippen molar-refractivity contribution in [1.82, 2.24) is 10.3 Å². The standard InChI is InChI=1S/C26H34N2O6/c1-16(2)12-20-17(3)34-26(31)21(15-33-14-19(20)13-18-8-6-5-7-9-18)28-25(30)23-24(29)22(32-4)10-11-27-23/h5-11,16-17,19-21,29H,12-15H2,1-4H3,(H,28,30)/t17-,19-,20-,21?/m0/s1. The number of esters is 1. The first-order valence-corrected chi connectivity index (χ1v) is 11.6. The van der Waals surface area contributed by atoms with Crippen molar-refractivity contribution >= 4 is 11.9 Å². The number of nitrogens with zero attached hydrogens (tertiary/aromatic N) is 1. The molecule has 4 atom stereocenters. The average molecular weight is 471 g/mol. The van der Waals surface area contributed by atoms with Crippen molar-refractivity contribution in [3.05, 3.63) is 53.9 Å². The minimum atomic E-state index is -1.03. The number of amides is 1. The fraction of sp³-hybridized carbons (Fsp3) is 0.500. The van der Waals surface area contributed by atoms with Gasteiger partial charge in [0, 0.05) is 18.2 Å². The van der Waals surface area contributed by atoms with E-state index in [9.17, 15) is 14.7 Å². The van der Waals surface area contributed by atoms with Crippen LogP contribution in [0.25, 0.3) is 0 Å². The van der Waals surface area contributed by atoms with Gasteiger partial charge in [0.05, 0.1) is 20.3 Å². The van der Waals surface area contributed by atoms with Crippen LogP contribution in [0.3, 0.4) is 0 Å². The van der Waals surface area contributed by atoms with Crippen molar-refractivity contribution in [2.45, 2.75) is 45.8 Å². The van der Waals surface area contributed by atoms with Gasteiger partial charge in [0.25, 0.3) is 5.91 Å². The summed E-state index contributed by atoms with van der Waals surface area (Å²) in [5, 5.41) is 12.8. The van der Waals surface area contributed by atoms with Gasteiger partial charge in [0.2, 0.25) is 0 Å². The van der Waals surface area contributed by atoms with E-state index in [-0.39, 0.29) is 36.0 Å². The molecular weight excluding hydrogens is 436 g/mol. The summed E-state index contributed by atoms with van der Waals surface area (Å²) in [6, 6.07) is 10.6. The molecule has 3 rings (SSSR count). The molecule has 0 spiro atoms. The first-order valence-electron chi connectivity index (χ1n) is 11.6. The summed E-state index contributed by atoms with van der Waals surface area (Å²) >= 11 is 0. The quantitative estimate of drug-likeness (QED) is 0.598. The predicted octanol–water partition coefficient (Wildman–Crippen LogP) is 3.38. The summed E-state index contributed by atoms with van der Waals surface area (Å²) in [7, 11) is 1.38. The molecule has 0 saturated carbocycles. The van der Waals surface area contributed by atoms with E-state index in [1.54, 1.807) is 0 Å². The van der Waals surface area contributed by atoms with Crippen LogP contribution in [0.4, 0.5) is 0 Å². The summed E-state index contributed by atoms with van der Waals surface area (Å²) in [6.07, 6.45) is 2.68. The maximum atomic E-state index is 13.0. The van der Waals surface area contributed by atoms with E-state index < -0.39 is 23.7 Å². The normalized spacial score (nSPS) is 23.4. The highest BCUT2D eigenvalue weighted by Crippen LogP contribution is 2.31. The van der Waals surface area contributed by atoms with Gasteiger partial charge in [-0.25, -0.2) is 9.78 Å². The van der Waals surface area contributed by atoms with Crippen LogP contribution in [0.5, 0.6) is 11.5 Å². The number of nitrogens with one attached hydrogen (secondary N) is 1. The zero-order valence-corrected chi connectivity index (χ0v) is 20.2. The number of aromatic nitrogens is 1. The molecule has 2 heterocycles. The fourth-order valence-corrected chi connectivity index (χ4v) is 4.41. The molecule has 2 N–H and O–H groups in total. The maximum Gasteiger partial charge on any atom is 0.331 e. The number of aromatic hydroxyl groups is 1. The second kappa shape index (κ2) is 11.8. The Balaban J connectivity index is 1.78. The van der Waals surface area contributed by atoms with Gasteiger partial charge in [0.15, 0.2) is 23.2 Å². The summed E-state index contributed by atoms with van der Waals surface area (Å²) < 4.78 is 16.8. The van der Waals surface area contributed by atoms with Gasteiger partial charge >= 0.3 is 5.97 Å². The molecule has 1 aromatic carbocycles. The van der Waals surface area contributed by atoms with E-state index in [1.807, 2.05) is 25.1 Å². The molecule has 1 unspecified atom stereocenters. The fourth-order valence-electron chi connectivity index (χ4n) is 4.41. The van der Waals surface area contributed by atoms with Crippen LogP contribution in [0.1, 0.15) is 43.2 Å². The van der Waals surface area contributed by atoms with Crippen LogP contribution < -0.4 is 10.1 Å². The second-order valence-electron chi connectivity index (χ2n) is 9.16. The lowest BCUT2D eigenvalue weighted by atomic mass is 9.79. The van der Waals surface area contributed by atoms with Gasteiger partial charge in [0.1, 0.15) is 6.10 Å². The predicted molar refractivity (Wildman–Crippen MR) is 127 cm³/mol. The average Bonchev–Trinajstić information content (AvgIpc) is 2.85. The Bertz CT molecular complexity index is 965. The third-order valence-corrected chi connectivity index (χ3v) is 6.12. The smallest absolute Gasteiger partial charge is 0.331 e. The molecule has 1 aromatic heterocycles. The highest BCUT2D eigenvalue weighted by molar-refractivity contribution is 5.98. The largest absolute Gasteiger partial charge is 0.503 e. The third-order valence-electron chi connectivity index (χ3n) is 6.12. The summed E-state index contributed by atoms with van der Waals surface area (Å²) in [4.78, 5) is 29.7. The number of rotatable bonds is 7. The van der Waals surface area contributed by atoms with E-state index >= 15 is 0 Å². The van der Waals surface area contributed by atoms with Crippen molar-refractivity contribution in [2.75, 3.05) is 20.3 Å². The van der Waals surface area contributed by atoms with Gasteiger partial charge in [-0.15, -0.1) is 0 Å². The van der Waals surface area contributed by atoms with Gasteiger partial charge in [-0.05, 0) is 37.2 Å². The van der Waals surface area contributed by atoms with E-state index in [2.05, 4.69) is 36.3 Å². The van der Waals surface area contributed by atoms with Crippen LogP contribution in [0.2, 0.25) is 0 Å². The SMILES string of the molecule is COc1ccnc(C(=O)NC2COC[C@H](Cc3ccccc3)[C@@H](CC(C)C)[C@H](C)OC2=O)c1O. The number of hydrogen-bond donors (Lipinski definition) is 2. The molecule has 34 heavy (non-hydrogen) atoms. The van der Waals surface area contributed by atoms with Gasteiger partial charge in [-0.1, -0.05) is 44.2 Å². The van der Waals surface area contributed by atoms with Crippen molar-refractivity contribution in [3.8, 4) is 11.5 Å². The number of cyclic esters (lactones) is 1. The lowest BCUT2D eigenvalue weighted by Gasteiger charge is -2.32. The highest BCUT2D eigenvalue weighted by Gasteiger charge is 2.35. The zero-order valence-electron chi connectivity index (χ0n) is 20.2. The first kappa shape index (κ1) is 25.5. The molecule has 1 aliphatic heterocycles. The maximum absolute atomic E-state index is 13.0. The molecule has 0 aliphatic carbocycles. The van der Waals surface area contributed by atoms with Crippen LogP contribution in [-0.4, -0.2) is 54.4 Å². The summed E-state index contributed by atoms with van der Waals surface area (Å²) in [5.74, 6) is -0.905. The topological polar surface area (TPSA) is 107 Å². The first-order chi connectivity index (χ1) is 16.3. The second-order valence-corrected chi connectivity index (χ2v) is 9.16. The Kier molecular flexibility index (Phi) is 8.87. The molecule has 1 fully saturated rings. The minimum absolute atomic E-state index is 0.0400. The van der Waals surface area contributed by atoms with Crippen molar-refractivity contribution in [1.29, 1.82) is 0 Å². The molecular formula is C26H34N2O6. The van der Waals surface area contributed by atoms with Crippen molar-refractivity contribution in [3.63, 3.8) is 0 Å². The molecule has 8 nitrogen and oxygen atoms in total. The zero-order chi connectivity index (χ0) is 24.7. The number of ether oxygens (including phenoxy) is 3. The van der Waals surface area contributed by atoms with Crippen LogP contribution in [0, 0.1) is 17.8 Å². The lowest BCUT2D eigenvalue weighted by molar-refractivity contribution is -0.154. The van der Waals surface area contributed by atoms with Gasteiger partial charge in [-0.3, -0.25) is 4.79 Å². The van der Waals surface area contributed by atoms with Crippen LogP contribution in [0.15, 0.2) is 42.6 Å². The molecule has 0 bridgehead atoms. The number of pyridine rings is 1. The van der Waals surface area contributed by atoms with Gasteiger partial charge < -0.3 is 24.6 Å². The molecule has 8 heteroatoms. The molecule has 0 radical (unpaired) electrons. The molecule has 2 aromatic rings. The van der Waals surface area contributed by atoms with E-state index in [0.717, 1.165) is 12.8 Å². The van der Waals surface area contributed by atoms with Crippen LogP contribution >= 0.6 is 0 Å². The van der Waals surface area contributed by atoms with E-state index in [4.69, 9.17) is 14.2 Å². The van der Waals surface area contributed by atoms with Crippen molar-refractivity contribution < 1.29 is 28.9 Å². The Hall–Kier alpha value is -3.13. The molecule has 1 amide bonds. The summed E-state index contributed by atoms with van der Waals surface area (Å²) in [6.45, 7) is 6.60. The Morgan fingerprint density at radius 3 is 2.65 bits per heavy atom. The van der Waals surface area contributed by atoms with Crippen molar-refractivity contribution in [2.24, 2.45) is 17.8 Å². The summed E-state index contributed by atoms with van der Waals surface area (Å²) in [5.41, 5.74) is 0.965. The lowest BCUT2D eigenvalue weighted by Crippen LogP contribution is -2.46. The number of carbonyl (C=O) groups excluding carboxylic acids is 2. The number of hydrogen-bond acceptors (Lipinski definition) is 7. The number of benzene rings is 1. The molecule has 1 aliphatic rings. The minimum Gasteiger partial charge on any atom is -0.503 e. The number of methoxy groups -OCH3 is 1. The van der Waals surface area contributed by atoms with Crippen LogP contribution in [-0.2, 0) is 20.7 Å². The third kappa shape index (κ3) is 6.47. The number of carbonyl (C=O) groups is 2. The Morgan fingerprint density at radius 1 is 1.24 bits per heavy atom. The van der Waals surface area contributed by atoms with Gasteiger partial charge in [-0.2, -0.15) is 0 Å². The molecule has 1 saturated heterocycles. The van der Waals surface area contributed by atoms with E-state index in [0.29, 0.717) is 12.5 Å². The molecule has 184 valence electrons.